The van der Waals surface area contributed by atoms with Gasteiger partial charge in [0.2, 0.25) is 0 Å². The van der Waals surface area contributed by atoms with Crippen LogP contribution in [0.3, 0.4) is 0 Å². The molecular weight excluding hydrogens is 532 g/mol. The number of nitrogens with zero attached hydrogens (tertiary/aromatic N) is 5. The number of aromatic nitrogens is 4. The molecule has 2 saturated heterocycles. The zero-order chi connectivity index (χ0) is 28.8. The van der Waals surface area contributed by atoms with Crippen LogP contribution in [0.15, 0.2) is 35.5 Å². The van der Waals surface area contributed by atoms with Gasteiger partial charge < -0.3 is 34.9 Å². The molecule has 0 amide bonds. The van der Waals surface area contributed by atoms with Gasteiger partial charge in [-0.25, -0.2) is 18.7 Å². The summed E-state index contributed by atoms with van der Waals surface area (Å²) in [4.78, 5) is 30.0. The number of aliphatic hydroxyl groups excluding tert-OH is 1. The molecule has 0 unspecified atom stereocenters. The van der Waals surface area contributed by atoms with Gasteiger partial charge in [0.25, 0.3) is 0 Å². The van der Waals surface area contributed by atoms with E-state index in [0.29, 0.717) is 51.2 Å². The average Bonchev–Trinajstić information content (AvgIpc) is 3.54. The van der Waals surface area contributed by atoms with Crippen molar-refractivity contribution < 1.29 is 19.0 Å². The number of halogens is 2. The molecular formula is C29H29F2N7O3. The number of hydrogen-bond acceptors (Lipinski definition) is 8. The molecule has 0 radical (unpaired) electrons. The smallest absolute Gasteiger partial charge is 0.199 e. The van der Waals surface area contributed by atoms with Crippen molar-refractivity contribution in [2.75, 3.05) is 50.5 Å². The minimum Gasteiger partial charge on any atom is -0.386 e. The molecule has 0 saturated carbocycles. The number of hydrogen-bond donors (Lipinski definition) is 4. The molecule has 1 spiro atoms. The Morgan fingerprint density at radius 1 is 1.10 bits per heavy atom. The van der Waals surface area contributed by atoms with Crippen LogP contribution in [0.1, 0.15) is 18.3 Å². The largest absolute Gasteiger partial charge is 0.386 e. The number of aliphatic hydroxyl groups is 2. The van der Waals surface area contributed by atoms with Crippen molar-refractivity contribution in [3.05, 3.63) is 58.1 Å². The number of pyridine rings is 3. The van der Waals surface area contributed by atoms with Gasteiger partial charge in [-0.2, -0.15) is 0 Å². The molecule has 10 nitrogen and oxygen atoms in total. The summed E-state index contributed by atoms with van der Waals surface area (Å²) in [6.45, 7) is 3.35. The maximum Gasteiger partial charge on any atom is 0.199 e. The molecule has 7 rings (SSSR count). The van der Waals surface area contributed by atoms with Crippen molar-refractivity contribution in [2.45, 2.75) is 12.7 Å². The van der Waals surface area contributed by atoms with Crippen molar-refractivity contribution in [1.82, 2.24) is 24.4 Å². The molecule has 2 aliphatic rings. The van der Waals surface area contributed by atoms with Crippen LogP contribution in [0.25, 0.3) is 44.1 Å². The zero-order valence-corrected chi connectivity index (χ0v) is 22.8. The topological polar surface area (TPSA) is 123 Å². The number of anilines is 2. The highest BCUT2D eigenvalue weighted by Gasteiger charge is 2.47. The predicted octanol–water partition coefficient (Wildman–Crippen LogP) is 3.08. The van der Waals surface area contributed by atoms with Crippen LogP contribution < -0.4 is 15.6 Å². The Balaban J connectivity index is 1.53. The summed E-state index contributed by atoms with van der Waals surface area (Å²) in [5, 5.41) is 23.3. The van der Waals surface area contributed by atoms with Crippen LogP contribution in [-0.4, -0.2) is 74.9 Å². The van der Waals surface area contributed by atoms with Gasteiger partial charge in [0, 0.05) is 81.5 Å². The van der Waals surface area contributed by atoms with E-state index in [-0.39, 0.29) is 21.8 Å². The minimum atomic E-state index is -1.94. The molecule has 6 heterocycles. The molecule has 4 aromatic heterocycles. The Labute approximate surface area is 232 Å². The first-order valence-electron chi connectivity index (χ1n) is 13.4. The van der Waals surface area contributed by atoms with E-state index in [1.807, 2.05) is 0 Å². The van der Waals surface area contributed by atoms with Crippen LogP contribution >= 0.6 is 0 Å². The third-order valence-corrected chi connectivity index (χ3v) is 8.63. The zero-order valence-electron chi connectivity index (χ0n) is 22.8. The van der Waals surface area contributed by atoms with E-state index in [1.54, 1.807) is 37.1 Å². The SMILES string of the molecule is CNc1cc(F)c(F)c2c1[nH]c1ncc(-c3cnc4c(c3)c(=O)c(C(O)O)cn4C)c(N3CCC4(CN(C)C4)C3)c12. The lowest BCUT2D eigenvalue weighted by molar-refractivity contribution is -0.0435. The second-order valence-electron chi connectivity index (χ2n) is 11.4. The standard InChI is InChI=1S/C29H29F2N7O3/c1-32-19-7-18(30)22(31)20-21-24(38-5-4-29(13-38)11-36(2)12-29)16(9-33-26(21)35-23(19)20)14-6-15-25(39)17(28(40)41)10-37(3)27(15)34-8-14/h6-10,28,32,40-41H,4-5,11-13H2,1-3H3,(H,33,35). The number of likely N-dealkylation sites (tertiary alicyclic amines) is 1. The minimum absolute atomic E-state index is 0.107. The number of fused-ring (bicyclic) bond motifs is 4. The van der Waals surface area contributed by atoms with Crippen molar-refractivity contribution in [1.29, 1.82) is 0 Å². The van der Waals surface area contributed by atoms with Gasteiger partial charge in [0.1, 0.15) is 11.3 Å². The third kappa shape index (κ3) is 3.74. The van der Waals surface area contributed by atoms with E-state index in [0.717, 1.165) is 32.1 Å². The first kappa shape index (κ1) is 25.8. The fraction of sp³-hybridized carbons (Fsp3) is 0.345. The Hall–Kier alpha value is -4.13. The molecule has 0 atom stereocenters. The van der Waals surface area contributed by atoms with Crippen molar-refractivity contribution >= 4 is 44.3 Å². The number of aromatic amines is 1. The van der Waals surface area contributed by atoms with E-state index >= 15 is 4.39 Å². The van der Waals surface area contributed by atoms with Gasteiger partial charge in [0.15, 0.2) is 23.4 Å². The van der Waals surface area contributed by atoms with Crippen LogP contribution in [0, 0.1) is 17.0 Å². The van der Waals surface area contributed by atoms with Crippen LogP contribution in [0.2, 0.25) is 0 Å². The Bertz CT molecular complexity index is 1950. The van der Waals surface area contributed by atoms with Gasteiger partial charge in [-0.15, -0.1) is 0 Å². The predicted molar refractivity (Wildman–Crippen MR) is 153 cm³/mol. The van der Waals surface area contributed by atoms with Crippen LogP contribution in [0.5, 0.6) is 0 Å². The first-order chi connectivity index (χ1) is 19.6. The molecule has 4 N–H and O–H groups in total. The summed E-state index contributed by atoms with van der Waals surface area (Å²) < 4.78 is 32.0. The number of H-pyrrole nitrogens is 1. The fourth-order valence-corrected chi connectivity index (χ4v) is 6.88. The van der Waals surface area contributed by atoms with Gasteiger partial charge in [-0.05, 0) is 19.5 Å². The number of aryl methyl sites for hydroxylation is 1. The monoisotopic (exact) mass is 561 g/mol. The third-order valence-electron chi connectivity index (χ3n) is 8.63. The second-order valence-corrected chi connectivity index (χ2v) is 11.4. The van der Waals surface area contributed by atoms with E-state index in [9.17, 15) is 19.4 Å². The number of rotatable bonds is 4. The lowest BCUT2D eigenvalue weighted by Gasteiger charge is -2.46. The summed E-state index contributed by atoms with van der Waals surface area (Å²) in [6.07, 6.45) is 3.65. The van der Waals surface area contributed by atoms with Gasteiger partial charge in [-0.1, -0.05) is 0 Å². The maximum absolute atomic E-state index is 15.6. The summed E-state index contributed by atoms with van der Waals surface area (Å²) in [7, 11) is 5.40. The molecule has 212 valence electrons. The van der Waals surface area contributed by atoms with Gasteiger partial charge >= 0.3 is 0 Å². The quantitative estimate of drug-likeness (QED) is 0.247. The second kappa shape index (κ2) is 8.93. The lowest BCUT2D eigenvalue weighted by atomic mass is 9.79. The van der Waals surface area contributed by atoms with Crippen molar-refractivity contribution in [3.8, 4) is 11.1 Å². The highest BCUT2D eigenvalue weighted by atomic mass is 19.2. The summed E-state index contributed by atoms with van der Waals surface area (Å²) >= 11 is 0. The number of benzene rings is 1. The van der Waals surface area contributed by atoms with E-state index in [4.69, 9.17) is 0 Å². The lowest BCUT2D eigenvalue weighted by Crippen LogP contribution is -2.55. The van der Waals surface area contributed by atoms with E-state index in [1.165, 1.54) is 6.20 Å². The Morgan fingerprint density at radius 3 is 2.59 bits per heavy atom. The Morgan fingerprint density at radius 2 is 1.88 bits per heavy atom. The fourth-order valence-electron chi connectivity index (χ4n) is 6.88. The number of nitrogens with one attached hydrogen (secondary N) is 2. The average molecular weight is 562 g/mol. The molecule has 2 fully saturated rings. The highest BCUT2D eigenvalue weighted by Crippen LogP contribution is 2.47. The summed E-state index contributed by atoms with van der Waals surface area (Å²) in [5.74, 6) is -1.93. The molecule has 0 bridgehead atoms. The molecule has 41 heavy (non-hydrogen) atoms. The van der Waals surface area contributed by atoms with Crippen LogP contribution in [-0.2, 0) is 7.05 Å². The molecule has 2 aliphatic heterocycles. The van der Waals surface area contributed by atoms with E-state index < -0.39 is 23.4 Å². The summed E-state index contributed by atoms with van der Waals surface area (Å²) in [6, 6.07) is 2.77. The highest BCUT2D eigenvalue weighted by molar-refractivity contribution is 6.18. The Kier molecular flexibility index (Phi) is 5.62. The molecule has 1 aromatic carbocycles. The molecule has 5 aromatic rings. The van der Waals surface area contributed by atoms with Crippen LogP contribution in [0.4, 0.5) is 20.2 Å². The van der Waals surface area contributed by atoms with Gasteiger partial charge in [0.05, 0.1) is 38.6 Å². The van der Waals surface area contributed by atoms with Gasteiger partial charge in [-0.3, -0.25) is 4.79 Å². The maximum atomic E-state index is 15.6. The molecule has 12 heteroatoms. The van der Waals surface area contributed by atoms with E-state index in [2.05, 4.69) is 37.1 Å². The first-order valence-corrected chi connectivity index (χ1v) is 13.4. The summed E-state index contributed by atoms with van der Waals surface area (Å²) in [5.41, 5.74) is 2.86. The normalized spacial score (nSPS) is 17.0. The molecule has 0 aliphatic carbocycles. The van der Waals surface area contributed by atoms with Crippen molar-refractivity contribution in [3.63, 3.8) is 0 Å². The van der Waals surface area contributed by atoms with Crippen molar-refractivity contribution in [2.24, 2.45) is 12.5 Å².